The van der Waals surface area contributed by atoms with Gasteiger partial charge in [-0.3, -0.25) is 0 Å². The number of hydrogen-bond donors (Lipinski definition) is 1. The second-order valence-electron chi connectivity index (χ2n) is 6.45. The van der Waals surface area contributed by atoms with Gasteiger partial charge in [0.05, 0.1) is 0 Å². The van der Waals surface area contributed by atoms with Gasteiger partial charge >= 0.3 is 0 Å². The average molecular weight is 273 g/mol. The van der Waals surface area contributed by atoms with Crippen molar-refractivity contribution in [1.82, 2.24) is 10.3 Å². The van der Waals surface area contributed by atoms with Gasteiger partial charge < -0.3 is 10.2 Å². The Morgan fingerprint density at radius 3 is 2.55 bits per heavy atom. The van der Waals surface area contributed by atoms with Gasteiger partial charge in [-0.1, -0.05) is 18.9 Å². The van der Waals surface area contributed by atoms with Crippen molar-refractivity contribution in [1.29, 1.82) is 0 Å². The number of pyridine rings is 1. The van der Waals surface area contributed by atoms with E-state index >= 15 is 0 Å². The Hall–Kier alpha value is -1.09. The quantitative estimate of drug-likeness (QED) is 0.913. The van der Waals surface area contributed by atoms with Crippen molar-refractivity contribution in [3.05, 3.63) is 24.4 Å². The van der Waals surface area contributed by atoms with Crippen LogP contribution >= 0.6 is 0 Å². The first kappa shape index (κ1) is 13.9. The van der Waals surface area contributed by atoms with Gasteiger partial charge in [0.1, 0.15) is 5.82 Å². The number of hydrogen-bond acceptors (Lipinski definition) is 3. The molecule has 1 aromatic rings. The van der Waals surface area contributed by atoms with Gasteiger partial charge in [-0.2, -0.15) is 0 Å². The molecule has 2 fully saturated rings. The summed E-state index contributed by atoms with van der Waals surface area (Å²) in [5.74, 6) is 2.05. The van der Waals surface area contributed by atoms with E-state index in [1.807, 2.05) is 12.3 Å². The van der Waals surface area contributed by atoms with Crippen LogP contribution in [-0.4, -0.2) is 30.2 Å². The van der Waals surface area contributed by atoms with Gasteiger partial charge in [-0.15, -0.1) is 0 Å². The molecular weight excluding hydrogens is 246 g/mol. The monoisotopic (exact) mass is 273 g/mol. The van der Waals surface area contributed by atoms with Crippen LogP contribution in [0, 0.1) is 5.92 Å². The van der Waals surface area contributed by atoms with Crippen LogP contribution in [-0.2, 0) is 0 Å². The Balaban J connectivity index is 1.46. The fraction of sp³-hybridized carbons (Fsp3) is 0.706. The predicted molar refractivity (Wildman–Crippen MR) is 84.0 cm³/mol. The minimum absolute atomic E-state index is 0.698. The number of nitrogens with zero attached hydrogens (tertiary/aromatic N) is 2. The minimum Gasteiger partial charge on any atom is -0.357 e. The molecule has 2 heterocycles. The molecule has 2 aliphatic rings. The molecule has 0 radical (unpaired) electrons. The molecule has 3 heteroatoms. The lowest BCUT2D eigenvalue weighted by Gasteiger charge is -2.35. The summed E-state index contributed by atoms with van der Waals surface area (Å²) in [6.07, 6.45) is 10.1. The van der Waals surface area contributed by atoms with Gasteiger partial charge in [0.25, 0.3) is 0 Å². The van der Waals surface area contributed by atoms with Crippen molar-refractivity contribution in [2.24, 2.45) is 5.92 Å². The molecule has 3 rings (SSSR count). The van der Waals surface area contributed by atoms with Crippen LogP contribution in [0.5, 0.6) is 0 Å². The van der Waals surface area contributed by atoms with Gasteiger partial charge in [0.2, 0.25) is 0 Å². The molecule has 1 aliphatic heterocycles. The molecule has 0 unspecified atom stereocenters. The molecule has 20 heavy (non-hydrogen) atoms. The molecule has 1 aromatic heterocycles. The average Bonchev–Trinajstić information content (AvgIpc) is 3.03. The van der Waals surface area contributed by atoms with Crippen LogP contribution in [0.2, 0.25) is 0 Å². The highest BCUT2D eigenvalue weighted by Gasteiger charge is 2.26. The Morgan fingerprint density at radius 1 is 1.15 bits per heavy atom. The summed E-state index contributed by atoms with van der Waals surface area (Å²) in [4.78, 5) is 6.87. The largest absolute Gasteiger partial charge is 0.357 e. The molecule has 1 N–H and O–H groups in total. The maximum atomic E-state index is 4.46. The highest BCUT2D eigenvalue weighted by molar-refractivity contribution is 5.38. The molecule has 1 atom stereocenters. The third-order valence-corrected chi connectivity index (χ3v) is 5.07. The van der Waals surface area contributed by atoms with E-state index < -0.39 is 0 Å². The highest BCUT2D eigenvalue weighted by atomic mass is 15.2. The fourth-order valence-electron chi connectivity index (χ4n) is 3.78. The van der Waals surface area contributed by atoms with Gasteiger partial charge in [0.15, 0.2) is 0 Å². The molecule has 1 saturated carbocycles. The fourth-order valence-corrected chi connectivity index (χ4v) is 3.78. The first-order valence-electron chi connectivity index (χ1n) is 8.25. The van der Waals surface area contributed by atoms with Crippen LogP contribution < -0.4 is 10.2 Å². The van der Waals surface area contributed by atoms with Gasteiger partial charge in [-0.05, 0) is 50.7 Å². The predicted octanol–water partition coefficient (Wildman–Crippen LogP) is 3.22. The summed E-state index contributed by atoms with van der Waals surface area (Å²) in [6.45, 7) is 4.65. The van der Waals surface area contributed by atoms with Crippen LogP contribution in [0.15, 0.2) is 24.4 Å². The smallest absolute Gasteiger partial charge is 0.128 e. The summed E-state index contributed by atoms with van der Waals surface area (Å²) in [7, 11) is 0. The number of anilines is 1. The lowest BCUT2D eigenvalue weighted by Crippen LogP contribution is -2.47. The minimum atomic E-state index is 0.698. The van der Waals surface area contributed by atoms with E-state index in [1.54, 1.807) is 0 Å². The van der Waals surface area contributed by atoms with Crippen LogP contribution in [0.25, 0.3) is 0 Å². The molecule has 3 nitrogen and oxygen atoms in total. The van der Waals surface area contributed by atoms with E-state index in [-0.39, 0.29) is 0 Å². The zero-order valence-electron chi connectivity index (χ0n) is 12.6. The molecular formula is C17H27N3. The second-order valence-corrected chi connectivity index (χ2v) is 6.45. The lowest BCUT2D eigenvalue weighted by atomic mass is 9.96. The molecule has 0 bridgehead atoms. The number of piperidine rings is 1. The molecule has 1 saturated heterocycles. The van der Waals surface area contributed by atoms with Crippen molar-refractivity contribution in [3.8, 4) is 0 Å². The van der Waals surface area contributed by atoms with E-state index in [0.717, 1.165) is 24.8 Å². The van der Waals surface area contributed by atoms with Crippen molar-refractivity contribution in [2.45, 2.75) is 57.5 Å². The summed E-state index contributed by atoms with van der Waals surface area (Å²) in [5, 5.41) is 3.89. The van der Waals surface area contributed by atoms with Crippen LogP contribution in [0.4, 0.5) is 5.82 Å². The Bertz CT molecular complexity index is 392. The number of aromatic nitrogens is 1. The summed E-state index contributed by atoms with van der Waals surface area (Å²) in [5.41, 5.74) is 0. The molecule has 0 spiro atoms. The van der Waals surface area contributed by atoms with Crippen molar-refractivity contribution in [3.63, 3.8) is 0 Å². The summed E-state index contributed by atoms with van der Waals surface area (Å²) < 4.78 is 0. The van der Waals surface area contributed by atoms with Crippen molar-refractivity contribution < 1.29 is 0 Å². The second kappa shape index (κ2) is 6.57. The zero-order chi connectivity index (χ0) is 13.8. The number of rotatable bonds is 4. The standard InChI is InChI=1S/C17H27N3/c1-14(15-6-2-3-7-15)19-16-9-12-20(13-10-16)17-8-4-5-11-18-17/h4-5,8,11,14-16,19H,2-3,6-7,9-10,12-13H2,1H3/t14-/m1/s1. The summed E-state index contributed by atoms with van der Waals surface area (Å²) in [6, 6.07) is 7.58. The Morgan fingerprint density at radius 2 is 1.90 bits per heavy atom. The first-order valence-corrected chi connectivity index (χ1v) is 8.25. The highest BCUT2D eigenvalue weighted by Crippen LogP contribution is 2.28. The number of nitrogens with one attached hydrogen (secondary N) is 1. The van der Waals surface area contributed by atoms with Crippen molar-refractivity contribution >= 4 is 5.82 Å². The van der Waals surface area contributed by atoms with E-state index in [4.69, 9.17) is 0 Å². The normalized spacial score (nSPS) is 23.1. The van der Waals surface area contributed by atoms with Crippen molar-refractivity contribution in [2.75, 3.05) is 18.0 Å². The molecule has 1 aliphatic carbocycles. The SMILES string of the molecule is C[C@@H](NC1CCN(c2ccccn2)CC1)C1CCCC1. The topological polar surface area (TPSA) is 28.2 Å². The van der Waals surface area contributed by atoms with Gasteiger partial charge in [0, 0.05) is 31.4 Å². The molecule has 0 amide bonds. The maximum absolute atomic E-state index is 4.46. The molecule has 110 valence electrons. The van der Waals surface area contributed by atoms with E-state index in [1.165, 1.54) is 38.5 Å². The van der Waals surface area contributed by atoms with Crippen LogP contribution in [0.3, 0.4) is 0 Å². The first-order chi connectivity index (χ1) is 9.83. The third kappa shape index (κ3) is 3.32. The Kier molecular flexibility index (Phi) is 4.56. The third-order valence-electron chi connectivity index (χ3n) is 5.07. The Labute approximate surface area is 122 Å². The van der Waals surface area contributed by atoms with E-state index in [9.17, 15) is 0 Å². The van der Waals surface area contributed by atoms with Crippen LogP contribution in [0.1, 0.15) is 45.4 Å². The lowest BCUT2D eigenvalue weighted by molar-refractivity contribution is 0.310. The van der Waals surface area contributed by atoms with E-state index in [0.29, 0.717) is 12.1 Å². The van der Waals surface area contributed by atoms with E-state index in [2.05, 4.69) is 34.3 Å². The maximum Gasteiger partial charge on any atom is 0.128 e. The summed E-state index contributed by atoms with van der Waals surface area (Å²) >= 11 is 0. The zero-order valence-corrected chi connectivity index (χ0v) is 12.6. The molecule has 0 aromatic carbocycles. The van der Waals surface area contributed by atoms with Gasteiger partial charge in [-0.25, -0.2) is 4.98 Å².